The van der Waals surface area contributed by atoms with Gasteiger partial charge in [-0.15, -0.1) is 0 Å². The Kier molecular flexibility index (Phi) is 6.78. The van der Waals surface area contributed by atoms with E-state index in [0.29, 0.717) is 23.0 Å². The summed E-state index contributed by atoms with van der Waals surface area (Å²) < 4.78 is 0. The van der Waals surface area contributed by atoms with Gasteiger partial charge in [0, 0.05) is 22.9 Å². The molecule has 0 unspecified atom stereocenters. The Balaban J connectivity index is 2.26. The van der Waals surface area contributed by atoms with Crippen LogP contribution in [0.3, 0.4) is 0 Å². The Morgan fingerprint density at radius 1 is 0.704 bits per heavy atom. The molecule has 0 bridgehead atoms. The third kappa shape index (κ3) is 5.19. The normalized spacial score (nSPS) is 11.1. The average molecular weight is 367 g/mol. The van der Waals surface area contributed by atoms with E-state index < -0.39 is 0 Å². The van der Waals surface area contributed by atoms with Gasteiger partial charge in [-0.05, 0) is 61.1 Å². The van der Waals surface area contributed by atoms with Gasteiger partial charge in [-0.1, -0.05) is 45.9 Å². The van der Waals surface area contributed by atoms with E-state index in [9.17, 15) is 9.59 Å². The van der Waals surface area contributed by atoms with Crippen molar-refractivity contribution in [1.82, 2.24) is 5.32 Å². The Bertz CT molecular complexity index is 779. The van der Waals surface area contributed by atoms with E-state index in [1.54, 1.807) is 24.3 Å². The summed E-state index contributed by atoms with van der Waals surface area (Å²) in [6.45, 7) is 12.3. The second kappa shape index (κ2) is 8.85. The maximum absolute atomic E-state index is 12.8. The lowest BCUT2D eigenvalue weighted by molar-refractivity contribution is 0.0941. The largest absolute Gasteiger partial charge is 0.350 e. The maximum atomic E-state index is 12.8. The molecule has 0 heterocycles. The summed E-state index contributed by atoms with van der Waals surface area (Å²) in [6, 6.07) is 13.0. The number of hydrogen-bond donors (Lipinski definition) is 2. The molecule has 0 saturated carbocycles. The van der Waals surface area contributed by atoms with E-state index in [-0.39, 0.29) is 17.9 Å². The van der Waals surface area contributed by atoms with Gasteiger partial charge in [0.15, 0.2) is 0 Å². The number of carbonyl (C=O) groups excluding carboxylic acids is 2. The highest BCUT2D eigenvalue weighted by molar-refractivity contribution is 6.06. The predicted molar refractivity (Wildman–Crippen MR) is 112 cm³/mol. The van der Waals surface area contributed by atoms with Crippen LogP contribution in [0.2, 0.25) is 0 Å². The van der Waals surface area contributed by atoms with Crippen molar-refractivity contribution in [2.45, 2.75) is 59.4 Å². The molecular weight excluding hydrogens is 336 g/mol. The maximum Gasteiger partial charge on any atom is 0.255 e. The number of amides is 2. The standard InChI is InChI=1S/C23H30N2O2/c1-14(2)19-8-7-9-20(15(3)4)21(19)25-23(27)18-12-10-17(11-13-18)22(26)24-16(5)6/h7-16H,1-6H3,(H,24,26)(H,25,27). The summed E-state index contributed by atoms with van der Waals surface area (Å²) in [5.41, 5.74) is 4.23. The van der Waals surface area contributed by atoms with Crippen LogP contribution in [0.5, 0.6) is 0 Å². The molecule has 2 rings (SSSR count). The second-order valence-electron chi connectivity index (χ2n) is 7.78. The quantitative estimate of drug-likeness (QED) is 0.726. The number of carbonyl (C=O) groups is 2. The van der Waals surface area contributed by atoms with E-state index in [1.807, 2.05) is 19.9 Å². The van der Waals surface area contributed by atoms with Crippen LogP contribution in [0.25, 0.3) is 0 Å². The van der Waals surface area contributed by atoms with Gasteiger partial charge in [-0.2, -0.15) is 0 Å². The van der Waals surface area contributed by atoms with Gasteiger partial charge in [0.05, 0.1) is 0 Å². The fourth-order valence-corrected chi connectivity index (χ4v) is 3.00. The van der Waals surface area contributed by atoms with Crippen LogP contribution < -0.4 is 10.6 Å². The highest BCUT2D eigenvalue weighted by Gasteiger charge is 2.17. The zero-order chi connectivity index (χ0) is 20.1. The first kappa shape index (κ1) is 20.7. The molecule has 0 atom stereocenters. The number of rotatable bonds is 6. The summed E-state index contributed by atoms with van der Waals surface area (Å²) in [7, 11) is 0. The van der Waals surface area contributed by atoms with Gasteiger partial charge in [0.25, 0.3) is 11.8 Å². The minimum atomic E-state index is -0.166. The zero-order valence-corrected chi connectivity index (χ0v) is 17.1. The zero-order valence-electron chi connectivity index (χ0n) is 17.1. The van der Waals surface area contributed by atoms with E-state index in [1.165, 1.54) is 0 Å². The molecule has 0 saturated heterocycles. The van der Waals surface area contributed by atoms with Crippen molar-refractivity contribution in [1.29, 1.82) is 0 Å². The Labute approximate surface area is 162 Å². The molecule has 4 heteroatoms. The fourth-order valence-electron chi connectivity index (χ4n) is 3.00. The monoisotopic (exact) mass is 366 g/mol. The summed E-state index contributed by atoms with van der Waals surface area (Å²) in [5.74, 6) is 0.312. The first-order valence-corrected chi connectivity index (χ1v) is 9.55. The SMILES string of the molecule is CC(C)NC(=O)c1ccc(C(=O)Nc2c(C(C)C)cccc2C(C)C)cc1. The summed E-state index contributed by atoms with van der Waals surface area (Å²) in [6.07, 6.45) is 0. The minimum Gasteiger partial charge on any atom is -0.350 e. The molecule has 2 amide bonds. The molecule has 0 aromatic heterocycles. The molecular formula is C23H30N2O2. The minimum absolute atomic E-state index is 0.0717. The molecule has 2 aromatic carbocycles. The molecule has 0 aliphatic carbocycles. The van der Waals surface area contributed by atoms with Gasteiger partial charge in [0.1, 0.15) is 0 Å². The second-order valence-corrected chi connectivity index (χ2v) is 7.78. The Morgan fingerprint density at radius 3 is 1.56 bits per heavy atom. The third-order valence-corrected chi connectivity index (χ3v) is 4.44. The molecule has 2 N–H and O–H groups in total. The van der Waals surface area contributed by atoms with Crippen LogP contribution in [-0.2, 0) is 0 Å². The first-order chi connectivity index (χ1) is 12.7. The van der Waals surface area contributed by atoms with Crippen molar-refractivity contribution in [3.05, 3.63) is 64.7 Å². The molecule has 0 fully saturated rings. The van der Waals surface area contributed by atoms with Crippen molar-refractivity contribution in [2.24, 2.45) is 0 Å². The third-order valence-electron chi connectivity index (χ3n) is 4.44. The molecule has 0 aliphatic heterocycles. The van der Waals surface area contributed by atoms with E-state index in [0.717, 1.165) is 16.8 Å². The number of nitrogens with one attached hydrogen (secondary N) is 2. The van der Waals surface area contributed by atoms with Gasteiger partial charge in [-0.25, -0.2) is 0 Å². The number of benzene rings is 2. The lowest BCUT2D eigenvalue weighted by atomic mass is 9.92. The fraction of sp³-hybridized carbons (Fsp3) is 0.391. The van der Waals surface area contributed by atoms with Crippen molar-refractivity contribution in [2.75, 3.05) is 5.32 Å². The number of para-hydroxylation sites is 1. The van der Waals surface area contributed by atoms with E-state index in [4.69, 9.17) is 0 Å². The summed E-state index contributed by atoms with van der Waals surface area (Å²) >= 11 is 0. The molecule has 27 heavy (non-hydrogen) atoms. The van der Waals surface area contributed by atoms with Crippen molar-refractivity contribution >= 4 is 17.5 Å². The lowest BCUT2D eigenvalue weighted by Crippen LogP contribution is -2.30. The van der Waals surface area contributed by atoms with Crippen LogP contribution in [0, 0.1) is 0 Å². The molecule has 0 radical (unpaired) electrons. The Morgan fingerprint density at radius 2 is 1.15 bits per heavy atom. The van der Waals surface area contributed by atoms with Crippen molar-refractivity contribution in [3.63, 3.8) is 0 Å². The number of anilines is 1. The van der Waals surface area contributed by atoms with Gasteiger partial charge < -0.3 is 10.6 Å². The van der Waals surface area contributed by atoms with Gasteiger partial charge in [-0.3, -0.25) is 9.59 Å². The number of hydrogen-bond acceptors (Lipinski definition) is 2. The summed E-state index contributed by atoms with van der Waals surface area (Å²) in [5, 5.41) is 5.95. The Hall–Kier alpha value is -2.62. The van der Waals surface area contributed by atoms with E-state index >= 15 is 0 Å². The molecule has 0 aliphatic rings. The smallest absolute Gasteiger partial charge is 0.255 e. The highest BCUT2D eigenvalue weighted by atomic mass is 16.2. The molecule has 4 nitrogen and oxygen atoms in total. The van der Waals surface area contributed by atoms with Crippen LogP contribution in [0.4, 0.5) is 5.69 Å². The van der Waals surface area contributed by atoms with Gasteiger partial charge >= 0.3 is 0 Å². The van der Waals surface area contributed by atoms with E-state index in [2.05, 4.69) is 50.5 Å². The molecule has 144 valence electrons. The lowest BCUT2D eigenvalue weighted by Gasteiger charge is -2.20. The van der Waals surface area contributed by atoms with Gasteiger partial charge in [0.2, 0.25) is 0 Å². The average Bonchev–Trinajstić information content (AvgIpc) is 2.61. The highest BCUT2D eigenvalue weighted by Crippen LogP contribution is 2.32. The first-order valence-electron chi connectivity index (χ1n) is 9.55. The topological polar surface area (TPSA) is 58.2 Å². The van der Waals surface area contributed by atoms with Crippen LogP contribution in [0.15, 0.2) is 42.5 Å². The summed E-state index contributed by atoms with van der Waals surface area (Å²) in [4.78, 5) is 24.9. The predicted octanol–water partition coefficient (Wildman–Crippen LogP) is 5.32. The molecule has 2 aromatic rings. The molecule has 0 spiro atoms. The van der Waals surface area contributed by atoms with Crippen molar-refractivity contribution < 1.29 is 9.59 Å². The van der Waals surface area contributed by atoms with Crippen molar-refractivity contribution in [3.8, 4) is 0 Å². The van der Waals surface area contributed by atoms with Crippen LogP contribution in [0.1, 0.15) is 85.2 Å². The van der Waals surface area contributed by atoms with Crippen LogP contribution in [-0.4, -0.2) is 17.9 Å². The van der Waals surface area contributed by atoms with Crippen LogP contribution >= 0.6 is 0 Å².